The van der Waals surface area contributed by atoms with Crippen LogP contribution in [0.1, 0.15) is 31.2 Å². The SMILES string of the molecule is COc1ccc(S(=O)(=O)N(CC(=O)N[C@H]2C[C@H]3CC[C@H]2C3)c2ccc(C)cc2)cc1Br. The first-order valence-corrected chi connectivity index (χ1v) is 12.7. The highest BCUT2D eigenvalue weighted by Gasteiger charge is 2.40. The zero-order valence-corrected chi connectivity index (χ0v) is 20.1. The summed E-state index contributed by atoms with van der Waals surface area (Å²) < 4.78 is 34.0. The highest BCUT2D eigenvalue weighted by molar-refractivity contribution is 9.10. The van der Waals surface area contributed by atoms with Crippen molar-refractivity contribution in [1.82, 2.24) is 5.32 Å². The average molecular weight is 507 g/mol. The number of methoxy groups -OCH3 is 1. The summed E-state index contributed by atoms with van der Waals surface area (Å²) in [6.45, 7) is 1.67. The molecule has 2 saturated carbocycles. The van der Waals surface area contributed by atoms with Crippen LogP contribution in [0, 0.1) is 18.8 Å². The molecule has 2 aliphatic carbocycles. The third-order valence-corrected chi connectivity index (χ3v) is 8.79. The predicted octanol–water partition coefficient (Wildman–Crippen LogP) is 4.27. The topological polar surface area (TPSA) is 75.7 Å². The van der Waals surface area contributed by atoms with E-state index in [1.54, 1.807) is 18.2 Å². The maximum Gasteiger partial charge on any atom is 0.264 e. The Balaban J connectivity index is 1.61. The van der Waals surface area contributed by atoms with Crippen molar-refractivity contribution < 1.29 is 17.9 Å². The quantitative estimate of drug-likeness (QED) is 0.608. The normalized spacial score (nSPS) is 22.4. The van der Waals surface area contributed by atoms with Crippen molar-refractivity contribution in [1.29, 1.82) is 0 Å². The van der Waals surface area contributed by atoms with E-state index in [9.17, 15) is 13.2 Å². The summed E-state index contributed by atoms with van der Waals surface area (Å²) in [4.78, 5) is 13.0. The lowest BCUT2D eigenvalue weighted by atomic mass is 9.95. The lowest BCUT2D eigenvalue weighted by Gasteiger charge is -2.27. The molecule has 2 aliphatic rings. The van der Waals surface area contributed by atoms with Crippen molar-refractivity contribution in [2.45, 2.75) is 43.5 Å². The molecule has 0 radical (unpaired) electrons. The maximum absolute atomic E-state index is 13.6. The number of nitrogens with one attached hydrogen (secondary N) is 1. The van der Waals surface area contributed by atoms with Crippen LogP contribution in [-0.4, -0.2) is 34.0 Å². The Morgan fingerprint density at radius 3 is 2.48 bits per heavy atom. The molecule has 0 aromatic heterocycles. The Morgan fingerprint density at radius 1 is 1.16 bits per heavy atom. The molecule has 2 fully saturated rings. The van der Waals surface area contributed by atoms with Crippen molar-refractivity contribution in [3.05, 3.63) is 52.5 Å². The molecule has 0 spiro atoms. The van der Waals surface area contributed by atoms with Crippen LogP contribution in [0.4, 0.5) is 5.69 Å². The number of hydrogen-bond acceptors (Lipinski definition) is 4. The van der Waals surface area contributed by atoms with Gasteiger partial charge >= 0.3 is 0 Å². The van der Waals surface area contributed by atoms with E-state index in [1.165, 1.54) is 36.4 Å². The Kier molecular flexibility index (Phi) is 6.30. The number of benzene rings is 2. The first-order chi connectivity index (χ1) is 14.8. The van der Waals surface area contributed by atoms with Gasteiger partial charge < -0.3 is 10.1 Å². The summed E-state index contributed by atoms with van der Waals surface area (Å²) in [5, 5.41) is 3.10. The fourth-order valence-electron chi connectivity index (χ4n) is 4.77. The minimum absolute atomic E-state index is 0.0912. The van der Waals surface area contributed by atoms with E-state index in [-0.39, 0.29) is 23.4 Å². The maximum atomic E-state index is 13.6. The molecule has 0 unspecified atom stereocenters. The lowest BCUT2D eigenvalue weighted by Crippen LogP contribution is -2.46. The smallest absolute Gasteiger partial charge is 0.264 e. The number of carbonyl (C=O) groups is 1. The van der Waals surface area contributed by atoms with Crippen molar-refractivity contribution in [3.63, 3.8) is 0 Å². The van der Waals surface area contributed by atoms with Gasteiger partial charge in [0.05, 0.1) is 22.2 Å². The zero-order valence-electron chi connectivity index (χ0n) is 17.7. The molecular weight excluding hydrogens is 480 g/mol. The van der Waals surface area contributed by atoms with Gasteiger partial charge in [0, 0.05) is 6.04 Å². The van der Waals surface area contributed by atoms with E-state index in [0.717, 1.165) is 18.4 Å². The van der Waals surface area contributed by atoms with Crippen LogP contribution < -0.4 is 14.4 Å². The van der Waals surface area contributed by atoms with E-state index >= 15 is 0 Å². The van der Waals surface area contributed by atoms with Crippen molar-refractivity contribution >= 4 is 37.5 Å². The number of carbonyl (C=O) groups excluding carboxylic acids is 1. The summed E-state index contributed by atoms with van der Waals surface area (Å²) in [5.41, 5.74) is 1.47. The molecule has 2 aromatic carbocycles. The van der Waals surface area contributed by atoms with Crippen LogP contribution in [0.3, 0.4) is 0 Å². The number of nitrogens with zero attached hydrogens (tertiary/aromatic N) is 1. The number of fused-ring (bicyclic) bond motifs is 2. The first-order valence-electron chi connectivity index (χ1n) is 10.5. The first kappa shape index (κ1) is 22.1. The number of ether oxygens (including phenoxy) is 1. The Labute approximate surface area is 192 Å². The molecule has 1 N–H and O–H groups in total. The number of anilines is 1. The number of halogens is 1. The van der Waals surface area contributed by atoms with Crippen LogP contribution in [-0.2, 0) is 14.8 Å². The van der Waals surface area contributed by atoms with Gasteiger partial charge in [0.25, 0.3) is 10.0 Å². The standard InChI is InChI=1S/C23H27BrN2O4S/c1-15-3-7-18(8-4-15)26(14-23(27)25-21-12-16-5-6-17(21)11-16)31(28,29)19-9-10-22(30-2)20(24)13-19/h3-4,7-10,13,16-17,21H,5-6,11-12,14H2,1-2H3,(H,25,27)/t16-,17-,21-/m0/s1. The molecule has 6 nitrogen and oxygen atoms in total. The Bertz CT molecular complexity index is 1070. The van der Waals surface area contributed by atoms with Gasteiger partial charge in [-0.25, -0.2) is 8.42 Å². The number of rotatable bonds is 7. The Morgan fingerprint density at radius 2 is 1.90 bits per heavy atom. The third-order valence-electron chi connectivity index (χ3n) is 6.40. The molecule has 2 bridgehead atoms. The van der Waals surface area contributed by atoms with Gasteiger partial charge in [-0.1, -0.05) is 24.1 Å². The second-order valence-electron chi connectivity index (χ2n) is 8.49. The molecule has 0 saturated heterocycles. The number of hydrogen-bond donors (Lipinski definition) is 1. The molecule has 4 rings (SSSR count). The number of sulfonamides is 1. The van der Waals surface area contributed by atoms with Gasteiger partial charge in [0.2, 0.25) is 5.91 Å². The molecule has 1 amide bonds. The second kappa shape index (κ2) is 8.82. The Hall–Kier alpha value is -2.06. The summed E-state index contributed by atoms with van der Waals surface area (Å²) >= 11 is 3.36. The second-order valence-corrected chi connectivity index (χ2v) is 11.2. The summed E-state index contributed by atoms with van der Waals surface area (Å²) in [5.74, 6) is 1.49. The van der Waals surface area contributed by atoms with E-state index in [0.29, 0.717) is 27.7 Å². The average Bonchev–Trinajstić information content (AvgIpc) is 3.36. The van der Waals surface area contributed by atoms with Crippen LogP contribution in [0.15, 0.2) is 51.8 Å². The lowest BCUT2D eigenvalue weighted by molar-refractivity contribution is -0.120. The van der Waals surface area contributed by atoms with Crippen LogP contribution in [0.25, 0.3) is 0 Å². The predicted molar refractivity (Wildman–Crippen MR) is 124 cm³/mol. The van der Waals surface area contributed by atoms with Crippen molar-refractivity contribution in [2.75, 3.05) is 18.0 Å². The van der Waals surface area contributed by atoms with E-state index < -0.39 is 10.0 Å². The zero-order chi connectivity index (χ0) is 22.2. The minimum Gasteiger partial charge on any atom is -0.496 e. The van der Waals surface area contributed by atoms with Gasteiger partial charge in [0.15, 0.2) is 0 Å². The molecular formula is C23H27BrN2O4S. The minimum atomic E-state index is -3.97. The molecule has 0 aliphatic heterocycles. The molecule has 31 heavy (non-hydrogen) atoms. The van der Waals surface area contributed by atoms with Gasteiger partial charge in [-0.15, -0.1) is 0 Å². The summed E-state index contributed by atoms with van der Waals surface area (Å²) in [6.07, 6.45) is 4.56. The summed E-state index contributed by atoms with van der Waals surface area (Å²) in [6, 6.07) is 11.9. The van der Waals surface area contributed by atoms with Crippen molar-refractivity contribution in [2.24, 2.45) is 11.8 Å². The van der Waals surface area contributed by atoms with E-state index in [1.807, 2.05) is 19.1 Å². The monoisotopic (exact) mass is 506 g/mol. The fourth-order valence-corrected chi connectivity index (χ4v) is 6.91. The number of aryl methyl sites for hydroxylation is 1. The van der Waals surface area contributed by atoms with E-state index in [4.69, 9.17) is 4.74 Å². The molecule has 3 atom stereocenters. The fraction of sp³-hybridized carbons (Fsp3) is 0.435. The molecule has 166 valence electrons. The van der Waals surface area contributed by atoms with Crippen LogP contribution >= 0.6 is 15.9 Å². The van der Waals surface area contributed by atoms with Crippen molar-refractivity contribution in [3.8, 4) is 5.75 Å². The van der Waals surface area contributed by atoms with Crippen LogP contribution in [0.5, 0.6) is 5.75 Å². The third kappa shape index (κ3) is 4.60. The molecule has 2 aromatic rings. The molecule has 8 heteroatoms. The largest absolute Gasteiger partial charge is 0.496 e. The van der Waals surface area contributed by atoms with Gasteiger partial charge in [0.1, 0.15) is 12.3 Å². The summed E-state index contributed by atoms with van der Waals surface area (Å²) in [7, 11) is -2.45. The van der Waals surface area contributed by atoms with Gasteiger partial charge in [-0.2, -0.15) is 0 Å². The van der Waals surface area contributed by atoms with E-state index in [2.05, 4.69) is 21.2 Å². The number of amides is 1. The van der Waals surface area contributed by atoms with Gasteiger partial charge in [-0.05, 0) is 84.3 Å². The highest BCUT2D eigenvalue weighted by Crippen LogP contribution is 2.44. The highest BCUT2D eigenvalue weighted by atomic mass is 79.9. The molecule has 0 heterocycles. The van der Waals surface area contributed by atoms with Gasteiger partial charge in [-0.3, -0.25) is 9.10 Å². The van der Waals surface area contributed by atoms with Crippen LogP contribution in [0.2, 0.25) is 0 Å².